The molecule has 296 valence electrons. The van der Waals surface area contributed by atoms with Crippen molar-refractivity contribution in [2.24, 2.45) is 5.41 Å². The molecule has 1 aliphatic rings. The maximum Gasteiger partial charge on any atom is 0.306 e. The Kier molecular flexibility index (Phi) is 14.0. The van der Waals surface area contributed by atoms with Crippen LogP contribution < -0.4 is 14.4 Å². The lowest BCUT2D eigenvalue weighted by atomic mass is 9.92. The Bertz CT molecular complexity index is 1790. The van der Waals surface area contributed by atoms with Crippen LogP contribution in [0.15, 0.2) is 40.9 Å². The first kappa shape index (κ1) is 42.8. The number of ether oxygens (including phenoxy) is 5. The molecule has 3 aromatic rings. The maximum absolute atomic E-state index is 15.1. The summed E-state index contributed by atoms with van der Waals surface area (Å²) in [6, 6.07) is 10.8. The number of para-hydroxylation sites is 1. The molecule has 0 N–H and O–H groups in total. The molecule has 0 bridgehead atoms. The molecule has 1 amide bonds. The van der Waals surface area contributed by atoms with Gasteiger partial charge in [-0.2, -0.15) is 4.98 Å². The Labute approximate surface area is 324 Å². The van der Waals surface area contributed by atoms with Crippen molar-refractivity contribution in [3.05, 3.63) is 64.3 Å². The second kappa shape index (κ2) is 17.7. The van der Waals surface area contributed by atoms with Gasteiger partial charge in [0.2, 0.25) is 5.89 Å². The molecule has 3 atom stereocenters. The number of hydrogen-bond donors (Lipinski definition) is 0. The molecule has 1 unspecified atom stereocenters. The highest BCUT2D eigenvalue weighted by atomic mass is 35.5. The molecule has 0 fully saturated rings. The molecule has 13 nitrogen and oxygen atoms in total. The largest absolute Gasteiger partial charge is 0.493 e. The van der Waals surface area contributed by atoms with Crippen LogP contribution in [0.1, 0.15) is 96.4 Å². The number of carbonyl (C=O) groups is 3. The van der Waals surface area contributed by atoms with Gasteiger partial charge in [-0.1, -0.05) is 63.5 Å². The molecule has 0 saturated heterocycles. The number of fused-ring (bicyclic) bond motifs is 1. The molecule has 4 rings (SSSR count). The molecule has 15 heteroatoms. The summed E-state index contributed by atoms with van der Waals surface area (Å²) in [5.74, 6) is 0.241. The van der Waals surface area contributed by atoms with Crippen LogP contribution in [0, 0.1) is 5.41 Å². The summed E-state index contributed by atoms with van der Waals surface area (Å²) in [4.78, 5) is 45.3. The molecule has 54 heavy (non-hydrogen) atoms. The molecule has 0 aliphatic carbocycles. The van der Waals surface area contributed by atoms with Gasteiger partial charge in [-0.15, -0.1) is 0 Å². The third-order valence-corrected chi connectivity index (χ3v) is 14.4. The van der Waals surface area contributed by atoms with Crippen molar-refractivity contribution in [2.75, 3.05) is 38.9 Å². The number of esters is 2. The second-order valence-corrected chi connectivity index (χ2v) is 20.8. The quantitative estimate of drug-likeness (QED) is 0.103. The molecule has 1 aromatic heterocycles. The third kappa shape index (κ3) is 10.4. The Morgan fingerprint density at radius 2 is 1.76 bits per heavy atom. The lowest BCUT2D eigenvalue weighted by molar-refractivity contribution is -0.144. The van der Waals surface area contributed by atoms with Crippen LogP contribution in [0.25, 0.3) is 0 Å². The van der Waals surface area contributed by atoms with Gasteiger partial charge in [-0.25, -0.2) is 0 Å². The topological polar surface area (TPSA) is 149 Å². The van der Waals surface area contributed by atoms with Crippen LogP contribution in [-0.4, -0.2) is 76.4 Å². The van der Waals surface area contributed by atoms with Gasteiger partial charge in [0.05, 0.1) is 33.9 Å². The van der Waals surface area contributed by atoms with E-state index in [-0.39, 0.29) is 67.7 Å². The lowest BCUT2D eigenvalue weighted by Gasteiger charge is -2.39. The van der Waals surface area contributed by atoms with E-state index in [0.717, 1.165) is 0 Å². The number of benzene rings is 2. The van der Waals surface area contributed by atoms with E-state index in [4.69, 9.17) is 44.2 Å². The van der Waals surface area contributed by atoms with Gasteiger partial charge in [-0.3, -0.25) is 14.4 Å². The average molecular weight is 788 g/mol. The number of anilines is 1. The van der Waals surface area contributed by atoms with E-state index in [1.165, 1.54) is 6.92 Å². The number of aryl methyl sites for hydroxylation is 1. The molecular weight excluding hydrogens is 734 g/mol. The first-order valence-corrected chi connectivity index (χ1v) is 21.4. The fraction of sp³-hybridized carbons (Fsp3) is 0.564. The zero-order chi connectivity index (χ0) is 40.0. The summed E-state index contributed by atoms with van der Waals surface area (Å²) >= 11 is 6.65. The van der Waals surface area contributed by atoms with Crippen LogP contribution in [0.4, 0.5) is 5.69 Å². The van der Waals surface area contributed by atoms with Gasteiger partial charge in [0.1, 0.15) is 18.3 Å². The van der Waals surface area contributed by atoms with Crippen LogP contribution in [-0.2, 0) is 39.4 Å². The van der Waals surface area contributed by atoms with Crippen molar-refractivity contribution in [2.45, 2.75) is 104 Å². The minimum Gasteiger partial charge on any atom is -0.493 e. The zero-order valence-corrected chi connectivity index (χ0v) is 35.0. The van der Waals surface area contributed by atoms with Crippen LogP contribution in [0.5, 0.6) is 11.5 Å². The Hall–Kier alpha value is -3.98. The monoisotopic (exact) mass is 787 g/mol. The van der Waals surface area contributed by atoms with E-state index in [0.29, 0.717) is 33.3 Å². The van der Waals surface area contributed by atoms with Crippen molar-refractivity contribution in [1.82, 2.24) is 10.1 Å². The molecule has 2 heterocycles. The van der Waals surface area contributed by atoms with E-state index in [2.05, 4.69) is 44.0 Å². The van der Waals surface area contributed by atoms with Gasteiger partial charge < -0.3 is 37.5 Å². The van der Waals surface area contributed by atoms with E-state index < -0.39 is 38.0 Å². The van der Waals surface area contributed by atoms with Gasteiger partial charge in [0.25, 0.3) is 5.91 Å². The van der Waals surface area contributed by atoms with E-state index in [9.17, 15) is 9.59 Å². The summed E-state index contributed by atoms with van der Waals surface area (Å²) in [5.41, 5.74) is 1.13. The zero-order valence-electron chi connectivity index (χ0n) is 33.2. The van der Waals surface area contributed by atoms with Gasteiger partial charge in [0, 0.05) is 53.6 Å². The highest BCUT2D eigenvalue weighted by Gasteiger charge is 2.45. The van der Waals surface area contributed by atoms with E-state index >= 15 is 4.79 Å². The van der Waals surface area contributed by atoms with E-state index in [1.54, 1.807) is 50.3 Å². The van der Waals surface area contributed by atoms with Crippen LogP contribution >= 0.6 is 11.6 Å². The minimum atomic E-state index is -2.54. The van der Waals surface area contributed by atoms with Gasteiger partial charge in [0.15, 0.2) is 25.6 Å². The fourth-order valence-corrected chi connectivity index (χ4v) is 7.34. The molecule has 0 saturated carbocycles. The first-order valence-electron chi connectivity index (χ1n) is 18.1. The predicted octanol–water partition coefficient (Wildman–Crippen LogP) is 7.80. The highest BCUT2D eigenvalue weighted by Crippen LogP contribution is 2.47. The molecule has 1 aliphatic heterocycles. The number of hydrogen-bond acceptors (Lipinski definition) is 12. The third-order valence-electron chi connectivity index (χ3n) is 9.66. The van der Waals surface area contributed by atoms with Crippen LogP contribution in [0.3, 0.4) is 0 Å². The molecule has 2 aromatic carbocycles. The second-order valence-electron chi connectivity index (χ2n) is 15.6. The SMILES string of the molecule is CCOC(=O)CCc1nc(C(C[C@H]2O[C@H](c3cccc(OC)c3OC)c3cc(Cl)ccc3N(CC(C)(C)COC(C)=O)C2=O)O[Si](C)(C)C(C)(C)C)no1. The average Bonchev–Trinajstić information content (AvgIpc) is 3.55. The van der Waals surface area contributed by atoms with Crippen molar-refractivity contribution in [3.63, 3.8) is 0 Å². The van der Waals surface area contributed by atoms with Crippen molar-refractivity contribution in [1.29, 1.82) is 0 Å². The summed E-state index contributed by atoms with van der Waals surface area (Å²) in [6.45, 7) is 18.0. The molecular formula is C39H54ClN3O10Si. The molecule has 0 spiro atoms. The van der Waals surface area contributed by atoms with Crippen molar-refractivity contribution < 1.29 is 47.0 Å². The summed E-state index contributed by atoms with van der Waals surface area (Å²) in [7, 11) is 0.552. The normalized spacial score (nSPS) is 17.0. The highest BCUT2D eigenvalue weighted by molar-refractivity contribution is 6.74. The Morgan fingerprint density at radius 1 is 1.04 bits per heavy atom. The van der Waals surface area contributed by atoms with E-state index in [1.807, 2.05) is 26.0 Å². The summed E-state index contributed by atoms with van der Waals surface area (Å²) < 4.78 is 41.5. The predicted molar refractivity (Wildman–Crippen MR) is 205 cm³/mol. The van der Waals surface area contributed by atoms with Gasteiger partial charge in [-0.05, 0) is 49.3 Å². The summed E-state index contributed by atoms with van der Waals surface area (Å²) in [6.07, 6.45) is -2.58. The van der Waals surface area contributed by atoms with Gasteiger partial charge >= 0.3 is 11.9 Å². The number of aromatic nitrogens is 2. The summed E-state index contributed by atoms with van der Waals surface area (Å²) in [5, 5.41) is 4.52. The standard InChI is InChI=1S/C39H54ClN3O10Si/c1-12-49-33(45)19-18-32-41-36(42-52-32)30(53-54(10,11)38(3,4)5)21-31-37(46)43(22-39(6,7)23-50-24(2)44)28-17-16-25(40)20-27(28)34(51-31)26-14-13-15-29(47-8)35(26)48-9/h13-17,20,30-31,34H,12,18-19,21-23H2,1-11H3/t30?,31-,34-/m1/s1. The number of nitrogens with zero attached hydrogens (tertiary/aromatic N) is 3. The van der Waals surface area contributed by atoms with Crippen LogP contribution in [0.2, 0.25) is 23.2 Å². The fourth-order valence-electron chi connectivity index (χ4n) is 5.89. The molecule has 0 radical (unpaired) electrons. The smallest absolute Gasteiger partial charge is 0.306 e. The lowest BCUT2D eigenvalue weighted by Crippen LogP contribution is -2.47. The number of halogens is 1. The Balaban J connectivity index is 1.88. The van der Waals surface area contributed by atoms with Crippen molar-refractivity contribution in [3.8, 4) is 11.5 Å². The minimum absolute atomic E-state index is 0.00751. The number of carbonyl (C=O) groups excluding carboxylic acids is 3. The number of rotatable bonds is 16. The number of methoxy groups -OCH3 is 2. The Morgan fingerprint density at radius 3 is 2.39 bits per heavy atom. The number of amides is 1. The first-order chi connectivity index (χ1) is 25.3. The van der Waals surface area contributed by atoms with Crippen molar-refractivity contribution >= 4 is 43.5 Å². The maximum atomic E-state index is 15.1.